The van der Waals surface area contributed by atoms with Gasteiger partial charge in [0.05, 0.1) is 13.2 Å². The van der Waals surface area contributed by atoms with E-state index in [2.05, 4.69) is 15.3 Å². The maximum atomic E-state index is 12.8. The van der Waals surface area contributed by atoms with Gasteiger partial charge in [0, 0.05) is 37.1 Å². The Labute approximate surface area is 146 Å². The number of amides is 2. The van der Waals surface area contributed by atoms with E-state index in [0.717, 1.165) is 11.3 Å². The van der Waals surface area contributed by atoms with Crippen molar-refractivity contribution in [2.24, 2.45) is 0 Å². The molecule has 7 heteroatoms. The summed E-state index contributed by atoms with van der Waals surface area (Å²) < 4.78 is 5.82. The molecule has 25 heavy (non-hydrogen) atoms. The minimum Gasteiger partial charge on any atom is -0.370 e. The van der Waals surface area contributed by atoms with Crippen LogP contribution in [-0.2, 0) is 9.53 Å². The van der Waals surface area contributed by atoms with Gasteiger partial charge < -0.3 is 15.0 Å². The number of nitrogens with one attached hydrogen (secondary N) is 1. The Morgan fingerprint density at radius 3 is 2.80 bits per heavy atom. The number of anilines is 1. The Hall–Kier alpha value is -2.80. The molecule has 2 aromatic heterocycles. The van der Waals surface area contributed by atoms with Crippen molar-refractivity contribution >= 4 is 17.6 Å². The summed E-state index contributed by atoms with van der Waals surface area (Å²) in [5.74, 6) is 0.0394. The lowest BCUT2D eigenvalue weighted by Crippen LogP contribution is -2.42. The van der Waals surface area contributed by atoms with Crippen molar-refractivity contribution in [2.75, 3.05) is 25.0 Å². The van der Waals surface area contributed by atoms with Gasteiger partial charge in [0.15, 0.2) is 0 Å². The van der Waals surface area contributed by atoms with Crippen LogP contribution in [0.1, 0.15) is 34.6 Å². The minimum atomic E-state index is -0.225. The highest BCUT2D eigenvalue weighted by Crippen LogP contribution is 2.23. The van der Waals surface area contributed by atoms with Crippen LogP contribution in [0.25, 0.3) is 0 Å². The molecule has 1 N–H and O–H groups in total. The van der Waals surface area contributed by atoms with Crippen LogP contribution in [0, 0.1) is 6.92 Å². The molecule has 0 aliphatic carbocycles. The van der Waals surface area contributed by atoms with Gasteiger partial charge in [-0.05, 0) is 36.8 Å². The topological polar surface area (TPSA) is 84.4 Å². The van der Waals surface area contributed by atoms with Crippen LogP contribution in [-0.4, -0.2) is 46.4 Å². The summed E-state index contributed by atoms with van der Waals surface area (Å²) in [6.07, 6.45) is 3.09. The first kappa shape index (κ1) is 17.0. The summed E-state index contributed by atoms with van der Waals surface area (Å²) in [6, 6.07) is 7.12. The fourth-order valence-corrected chi connectivity index (χ4v) is 2.80. The Bertz CT molecular complexity index is 793. The molecule has 130 valence electrons. The SMILES string of the molecule is CC(=O)Nc1cc(C(=O)N2CCO[C@@H](c3ccnc(C)c3)C2)ccn1. The number of hydrogen-bond acceptors (Lipinski definition) is 5. The molecule has 1 fully saturated rings. The maximum absolute atomic E-state index is 12.8. The predicted octanol–water partition coefficient (Wildman–Crippen LogP) is 1.96. The van der Waals surface area contributed by atoms with Gasteiger partial charge >= 0.3 is 0 Å². The number of morpholine rings is 1. The van der Waals surface area contributed by atoms with Gasteiger partial charge in [0.2, 0.25) is 5.91 Å². The predicted molar refractivity (Wildman–Crippen MR) is 92.1 cm³/mol. The first-order valence-electron chi connectivity index (χ1n) is 8.10. The molecule has 7 nitrogen and oxygen atoms in total. The number of pyridine rings is 2. The largest absolute Gasteiger partial charge is 0.370 e. The molecule has 1 atom stereocenters. The molecule has 3 rings (SSSR count). The molecule has 1 aliphatic rings. The average Bonchev–Trinajstić information content (AvgIpc) is 2.61. The summed E-state index contributed by atoms with van der Waals surface area (Å²) in [5.41, 5.74) is 2.42. The van der Waals surface area contributed by atoms with Crippen LogP contribution >= 0.6 is 0 Å². The molecular formula is C18H20N4O3. The molecule has 0 bridgehead atoms. The summed E-state index contributed by atoms with van der Waals surface area (Å²) in [7, 11) is 0. The first-order chi connectivity index (χ1) is 12.0. The second kappa shape index (κ2) is 7.40. The van der Waals surface area contributed by atoms with Gasteiger partial charge in [-0.1, -0.05) is 0 Å². The molecule has 1 aliphatic heterocycles. The summed E-state index contributed by atoms with van der Waals surface area (Å²) in [6.45, 7) is 4.80. The molecule has 3 heterocycles. The van der Waals surface area contributed by atoms with Gasteiger partial charge in [-0.2, -0.15) is 0 Å². The van der Waals surface area contributed by atoms with Crippen molar-refractivity contribution in [1.29, 1.82) is 0 Å². The molecular weight excluding hydrogens is 320 g/mol. The first-order valence-corrected chi connectivity index (χ1v) is 8.10. The van der Waals surface area contributed by atoms with Crippen molar-refractivity contribution in [2.45, 2.75) is 20.0 Å². The normalized spacial score (nSPS) is 17.2. The summed E-state index contributed by atoms with van der Waals surface area (Å²) >= 11 is 0. The van der Waals surface area contributed by atoms with Gasteiger partial charge in [0.25, 0.3) is 5.91 Å². The van der Waals surface area contributed by atoms with Crippen LogP contribution < -0.4 is 5.32 Å². The Balaban J connectivity index is 1.75. The van der Waals surface area contributed by atoms with Crippen LogP contribution in [0.3, 0.4) is 0 Å². The monoisotopic (exact) mass is 340 g/mol. The van der Waals surface area contributed by atoms with E-state index < -0.39 is 0 Å². The van der Waals surface area contributed by atoms with E-state index in [9.17, 15) is 9.59 Å². The van der Waals surface area contributed by atoms with E-state index in [0.29, 0.717) is 31.1 Å². The lowest BCUT2D eigenvalue weighted by atomic mass is 10.1. The third-order valence-corrected chi connectivity index (χ3v) is 3.96. The Morgan fingerprint density at radius 2 is 2.04 bits per heavy atom. The fraction of sp³-hybridized carbons (Fsp3) is 0.333. The zero-order valence-electron chi connectivity index (χ0n) is 14.2. The van der Waals surface area contributed by atoms with Crippen molar-refractivity contribution in [1.82, 2.24) is 14.9 Å². The van der Waals surface area contributed by atoms with Crippen molar-refractivity contribution in [3.05, 3.63) is 53.5 Å². The van der Waals surface area contributed by atoms with E-state index in [-0.39, 0.29) is 17.9 Å². The van der Waals surface area contributed by atoms with E-state index in [4.69, 9.17) is 4.74 Å². The molecule has 0 unspecified atom stereocenters. The molecule has 1 saturated heterocycles. The highest BCUT2D eigenvalue weighted by atomic mass is 16.5. The molecule has 2 aromatic rings. The van der Waals surface area contributed by atoms with Crippen molar-refractivity contribution in [3.63, 3.8) is 0 Å². The maximum Gasteiger partial charge on any atom is 0.254 e. The van der Waals surface area contributed by atoms with E-state index in [1.54, 1.807) is 23.2 Å². The van der Waals surface area contributed by atoms with Crippen LogP contribution in [0.2, 0.25) is 0 Å². The van der Waals surface area contributed by atoms with E-state index >= 15 is 0 Å². The average molecular weight is 340 g/mol. The Morgan fingerprint density at radius 1 is 1.24 bits per heavy atom. The smallest absolute Gasteiger partial charge is 0.254 e. The van der Waals surface area contributed by atoms with Crippen molar-refractivity contribution < 1.29 is 14.3 Å². The van der Waals surface area contributed by atoms with Crippen molar-refractivity contribution in [3.8, 4) is 0 Å². The lowest BCUT2D eigenvalue weighted by Gasteiger charge is -2.33. The number of nitrogens with zero attached hydrogens (tertiary/aromatic N) is 3. The Kier molecular flexibility index (Phi) is 5.04. The number of aromatic nitrogens is 2. The molecule has 0 radical (unpaired) electrons. The third-order valence-electron chi connectivity index (χ3n) is 3.96. The van der Waals surface area contributed by atoms with Gasteiger partial charge in [-0.3, -0.25) is 14.6 Å². The second-order valence-electron chi connectivity index (χ2n) is 5.95. The number of rotatable bonds is 3. The lowest BCUT2D eigenvalue weighted by molar-refractivity contribution is -0.114. The van der Waals surface area contributed by atoms with Gasteiger partial charge in [-0.25, -0.2) is 4.98 Å². The van der Waals surface area contributed by atoms with E-state index in [1.807, 2.05) is 19.1 Å². The molecule has 0 spiro atoms. The number of carbonyl (C=O) groups is 2. The minimum absolute atomic E-state index is 0.104. The van der Waals surface area contributed by atoms with Crippen LogP contribution in [0.4, 0.5) is 5.82 Å². The number of carbonyl (C=O) groups excluding carboxylic acids is 2. The fourth-order valence-electron chi connectivity index (χ4n) is 2.80. The number of ether oxygens (including phenoxy) is 1. The third kappa shape index (κ3) is 4.19. The number of aryl methyl sites for hydroxylation is 1. The van der Waals surface area contributed by atoms with Crippen LogP contribution in [0.15, 0.2) is 36.7 Å². The zero-order chi connectivity index (χ0) is 17.8. The zero-order valence-corrected chi connectivity index (χ0v) is 14.2. The summed E-state index contributed by atoms with van der Waals surface area (Å²) in [5, 5.41) is 2.59. The summed E-state index contributed by atoms with van der Waals surface area (Å²) in [4.78, 5) is 34.0. The van der Waals surface area contributed by atoms with E-state index in [1.165, 1.54) is 13.1 Å². The van der Waals surface area contributed by atoms with Crippen LogP contribution in [0.5, 0.6) is 0 Å². The highest BCUT2D eigenvalue weighted by Gasteiger charge is 2.26. The molecule has 0 aromatic carbocycles. The quantitative estimate of drug-likeness (QED) is 0.923. The van der Waals surface area contributed by atoms with Gasteiger partial charge in [-0.15, -0.1) is 0 Å². The van der Waals surface area contributed by atoms with Gasteiger partial charge in [0.1, 0.15) is 11.9 Å². The highest BCUT2D eigenvalue weighted by molar-refractivity contribution is 5.96. The molecule has 2 amide bonds. The second-order valence-corrected chi connectivity index (χ2v) is 5.95. The standard InChI is InChI=1S/C18H20N4O3/c1-12-9-14(3-5-19-12)16-11-22(7-8-25-16)18(24)15-4-6-20-17(10-15)21-13(2)23/h3-6,9-10,16H,7-8,11H2,1-2H3,(H,20,21,23)/t16-/m1/s1. The number of hydrogen-bond donors (Lipinski definition) is 1. The molecule has 0 saturated carbocycles.